The number of anilines is 2. The lowest BCUT2D eigenvalue weighted by atomic mass is 9.78. The van der Waals surface area contributed by atoms with Gasteiger partial charge < -0.3 is 21.3 Å². The van der Waals surface area contributed by atoms with Crippen LogP contribution in [0.1, 0.15) is 38.4 Å². The van der Waals surface area contributed by atoms with Crippen molar-refractivity contribution in [2.45, 2.75) is 32.8 Å². The highest BCUT2D eigenvalue weighted by atomic mass is 79.9. The van der Waals surface area contributed by atoms with Crippen molar-refractivity contribution in [1.29, 1.82) is 0 Å². The first-order valence-corrected chi connectivity index (χ1v) is 10.4. The van der Waals surface area contributed by atoms with E-state index < -0.39 is 11.5 Å². The zero-order valence-electron chi connectivity index (χ0n) is 15.7. The summed E-state index contributed by atoms with van der Waals surface area (Å²) in [4.78, 5) is 12.0. The van der Waals surface area contributed by atoms with Gasteiger partial charge in [-0.05, 0) is 64.5 Å². The fraction of sp³-hybridized carbons (Fsp3) is 0.286. The van der Waals surface area contributed by atoms with Crippen LogP contribution < -0.4 is 11.1 Å². The second-order valence-corrected chi connectivity index (χ2v) is 9.00. The number of rotatable bonds is 7. The van der Waals surface area contributed by atoms with Crippen molar-refractivity contribution in [2.24, 2.45) is 5.41 Å². The second kappa shape index (κ2) is 9.58. The van der Waals surface area contributed by atoms with E-state index in [2.05, 4.69) is 37.2 Å². The molecule has 2 aromatic rings. The van der Waals surface area contributed by atoms with Gasteiger partial charge in [0, 0.05) is 10.0 Å². The van der Waals surface area contributed by atoms with Gasteiger partial charge >= 0.3 is 0 Å². The molecule has 0 bridgehead atoms. The van der Waals surface area contributed by atoms with Crippen LogP contribution in [0, 0.1) is 5.41 Å². The number of amides is 1. The summed E-state index contributed by atoms with van der Waals surface area (Å²) in [5.41, 5.74) is 6.83. The number of nitrogens with two attached hydrogens (primary N) is 1. The van der Waals surface area contributed by atoms with E-state index in [4.69, 9.17) is 5.73 Å². The molecule has 2 rings (SSSR count). The first-order chi connectivity index (χ1) is 13.1. The van der Waals surface area contributed by atoms with Gasteiger partial charge in [-0.1, -0.05) is 48.0 Å². The van der Waals surface area contributed by atoms with E-state index in [1.54, 1.807) is 42.5 Å². The number of aromatic hydroxyl groups is 1. The number of hydrogen-bond acceptors (Lipinski definition) is 4. The fourth-order valence-electron chi connectivity index (χ4n) is 2.78. The minimum Gasteiger partial charge on any atom is -0.506 e. The predicted octanol–water partition coefficient (Wildman–Crippen LogP) is 5.53. The average molecular weight is 512 g/mol. The molecule has 0 saturated carbocycles. The molecule has 1 atom stereocenters. The van der Waals surface area contributed by atoms with Gasteiger partial charge in [-0.15, -0.1) is 0 Å². The number of aliphatic hydroxyl groups excluding tert-OH is 1. The molecule has 0 aliphatic rings. The summed E-state index contributed by atoms with van der Waals surface area (Å²) < 4.78 is 1.28. The van der Waals surface area contributed by atoms with Crippen LogP contribution in [0.4, 0.5) is 11.4 Å². The number of benzene rings is 2. The topological polar surface area (TPSA) is 95.6 Å². The third-order valence-corrected chi connectivity index (χ3v) is 5.60. The molecule has 0 spiro atoms. The summed E-state index contributed by atoms with van der Waals surface area (Å²) in [5, 5.41) is 23.8. The molecule has 28 heavy (non-hydrogen) atoms. The van der Waals surface area contributed by atoms with E-state index in [0.29, 0.717) is 34.3 Å². The smallest absolute Gasteiger partial charge is 0.248 e. The Kier molecular flexibility index (Phi) is 7.69. The molecule has 0 aliphatic carbocycles. The first kappa shape index (κ1) is 22.5. The maximum atomic E-state index is 12.0. The van der Waals surface area contributed by atoms with Crippen molar-refractivity contribution >= 4 is 49.1 Å². The summed E-state index contributed by atoms with van der Waals surface area (Å²) in [6.45, 7) is 3.84. The molecule has 7 heteroatoms. The number of nitrogens with one attached hydrogen (secondary N) is 1. The van der Waals surface area contributed by atoms with Gasteiger partial charge in [-0.2, -0.15) is 0 Å². The Morgan fingerprint density at radius 1 is 1.29 bits per heavy atom. The SMILES string of the molecule is CC(C)(CC/C=C/C(=O)Nc1ccccc1N)[C@H](O)c1cc(Br)cc(Br)c1O. The first-order valence-electron chi connectivity index (χ1n) is 8.80. The minimum atomic E-state index is -0.868. The van der Waals surface area contributed by atoms with Crippen LogP contribution in [0.25, 0.3) is 0 Å². The van der Waals surface area contributed by atoms with Gasteiger partial charge in [-0.25, -0.2) is 0 Å². The van der Waals surface area contributed by atoms with Crippen molar-refractivity contribution in [3.8, 4) is 5.75 Å². The molecule has 5 nitrogen and oxygen atoms in total. The van der Waals surface area contributed by atoms with Crippen LogP contribution in [0.15, 0.2) is 57.5 Å². The Hall–Kier alpha value is -1.83. The third kappa shape index (κ3) is 5.83. The molecule has 0 aromatic heterocycles. The van der Waals surface area contributed by atoms with E-state index in [9.17, 15) is 15.0 Å². The van der Waals surface area contributed by atoms with E-state index in [-0.39, 0.29) is 11.7 Å². The number of carbonyl (C=O) groups excluding carboxylic acids is 1. The van der Waals surface area contributed by atoms with Crippen LogP contribution in [0.5, 0.6) is 5.75 Å². The van der Waals surface area contributed by atoms with E-state index in [1.807, 2.05) is 13.8 Å². The number of halogens is 2. The normalized spacial score (nSPS) is 12.9. The number of nitrogen functional groups attached to an aromatic ring is 1. The van der Waals surface area contributed by atoms with E-state index in [0.717, 1.165) is 4.47 Å². The Bertz CT molecular complexity index is 882. The van der Waals surface area contributed by atoms with Crippen LogP contribution in [0.2, 0.25) is 0 Å². The van der Waals surface area contributed by atoms with Crippen molar-refractivity contribution in [3.05, 3.63) is 63.1 Å². The summed E-state index contributed by atoms with van der Waals surface area (Å²) >= 11 is 6.67. The van der Waals surface area contributed by atoms with Crippen LogP contribution in [-0.2, 0) is 4.79 Å². The van der Waals surface area contributed by atoms with Gasteiger partial charge in [0.2, 0.25) is 5.91 Å². The number of aliphatic hydroxyl groups is 1. The quantitative estimate of drug-likeness (QED) is 0.290. The number of phenolic OH excluding ortho intramolecular Hbond substituents is 1. The molecule has 0 heterocycles. The molecule has 0 fully saturated rings. The molecule has 0 unspecified atom stereocenters. The monoisotopic (exact) mass is 510 g/mol. The number of carbonyl (C=O) groups is 1. The molecule has 5 N–H and O–H groups in total. The Morgan fingerprint density at radius 3 is 2.64 bits per heavy atom. The number of para-hydroxylation sites is 2. The fourth-order valence-corrected chi connectivity index (χ4v) is 4.04. The largest absolute Gasteiger partial charge is 0.506 e. The average Bonchev–Trinajstić information content (AvgIpc) is 2.63. The third-order valence-electron chi connectivity index (χ3n) is 4.54. The van der Waals surface area contributed by atoms with Crippen LogP contribution in [0.3, 0.4) is 0 Å². The Labute approximate surface area is 181 Å². The molecule has 1 amide bonds. The molecule has 0 saturated heterocycles. The van der Waals surface area contributed by atoms with Gasteiger partial charge in [-0.3, -0.25) is 4.79 Å². The molecule has 0 aliphatic heterocycles. The zero-order chi connectivity index (χ0) is 20.9. The van der Waals surface area contributed by atoms with Gasteiger partial charge in [0.25, 0.3) is 0 Å². The highest BCUT2D eigenvalue weighted by Crippen LogP contribution is 2.44. The minimum absolute atomic E-state index is 0.0270. The zero-order valence-corrected chi connectivity index (χ0v) is 18.9. The van der Waals surface area contributed by atoms with Crippen molar-refractivity contribution in [1.82, 2.24) is 0 Å². The summed E-state index contributed by atoms with van der Waals surface area (Å²) in [5.74, 6) is -0.232. The van der Waals surface area contributed by atoms with Crippen LogP contribution >= 0.6 is 31.9 Å². The standard InChI is InChI=1S/C21H24Br2N2O3/c1-21(2,20(28)14-11-13(22)12-15(23)19(14)27)10-6-5-9-18(26)25-17-8-4-3-7-16(17)24/h3-5,7-9,11-12,20,27-28H,6,10,24H2,1-2H3,(H,25,26)/b9-5+/t20-/m1/s1. The van der Waals surface area contributed by atoms with Crippen molar-refractivity contribution < 1.29 is 15.0 Å². The summed E-state index contributed by atoms with van der Waals surface area (Å²) in [6, 6.07) is 10.5. The molecule has 150 valence electrons. The van der Waals surface area contributed by atoms with E-state index in [1.165, 1.54) is 6.08 Å². The number of phenols is 1. The maximum absolute atomic E-state index is 12.0. The molecular formula is C21H24Br2N2O3. The Morgan fingerprint density at radius 2 is 1.96 bits per heavy atom. The summed E-state index contributed by atoms with van der Waals surface area (Å²) in [7, 11) is 0. The molecular weight excluding hydrogens is 488 g/mol. The number of allylic oxidation sites excluding steroid dienone is 1. The van der Waals surface area contributed by atoms with Crippen LogP contribution in [-0.4, -0.2) is 16.1 Å². The second-order valence-electron chi connectivity index (χ2n) is 7.23. The molecule has 2 aromatic carbocycles. The van der Waals surface area contributed by atoms with Crippen molar-refractivity contribution in [2.75, 3.05) is 11.1 Å². The van der Waals surface area contributed by atoms with Crippen molar-refractivity contribution in [3.63, 3.8) is 0 Å². The summed E-state index contributed by atoms with van der Waals surface area (Å²) in [6.07, 6.45) is 3.57. The van der Waals surface area contributed by atoms with E-state index >= 15 is 0 Å². The maximum Gasteiger partial charge on any atom is 0.248 e. The van der Waals surface area contributed by atoms with Gasteiger partial charge in [0.1, 0.15) is 5.75 Å². The van der Waals surface area contributed by atoms with Gasteiger partial charge in [0.05, 0.1) is 22.0 Å². The predicted molar refractivity (Wildman–Crippen MR) is 120 cm³/mol. The van der Waals surface area contributed by atoms with Gasteiger partial charge in [0.15, 0.2) is 0 Å². The lowest BCUT2D eigenvalue weighted by Crippen LogP contribution is -2.22. The lowest BCUT2D eigenvalue weighted by molar-refractivity contribution is -0.111. The Balaban J connectivity index is 1.96. The highest BCUT2D eigenvalue weighted by molar-refractivity contribution is 9.11. The lowest BCUT2D eigenvalue weighted by Gasteiger charge is -2.31. The highest BCUT2D eigenvalue weighted by Gasteiger charge is 2.31. The number of hydrogen-bond donors (Lipinski definition) is 4. The molecule has 0 radical (unpaired) electrons.